The van der Waals surface area contributed by atoms with Crippen molar-refractivity contribution in [2.75, 3.05) is 0 Å². The minimum absolute atomic E-state index is 0.0459. The van der Waals surface area contributed by atoms with Gasteiger partial charge in [-0.15, -0.1) is 0 Å². The monoisotopic (exact) mass is 330 g/mol. The Hall–Kier alpha value is -0.980. The van der Waals surface area contributed by atoms with Crippen molar-refractivity contribution in [1.29, 1.82) is 0 Å². The molecule has 16 heavy (non-hydrogen) atoms. The summed E-state index contributed by atoms with van der Waals surface area (Å²) in [6.45, 7) is 0.727. The summed E-state index contributed by atoms with van der Waals surface area (Å²) in [7, 11) is 0. The van der Waals surface area contributed by atoms with Crippen LogP contribution in [-0.2, 0) is 13.0 Å². The van der Waals surface area contributed by atoms with E-state index < -0.39 is 0 Å². The maximum Gasteiger partial charge on any atom is 0.261 e. The van der Waals surface area contributed by atoms with Crippen LogP contribution in [0.25, 0.3) is 10.9 Å². The molecule has 1 aromatic heterocycles. The Labute approximate surface area is 104 Å². The molecule has 0 spiro atoms. The Morgan fingerprint density at radius 1 is 1.44 bits per heavy atom. The lowest BCUT2D eigenvalue weighted by Gasteiger charge is -2.05. The molecular weight excluding hydrogens is 322 g/mol. The van der Waals surface area contributed by atoms with Gasteiger partial charge in [-0.3, -0.25) is 9.36 Å². The summed E-state index contributed by atoms with van der Waals surface area (Å²) >= 11 is 1.89. The third-order valence-corrected chi connectivity index (χ3v) is 3.68. The zero-order valence-corrected chi connectivity index (χ0v) is 10.5. The highest BCUT2D eigenvalue weighted by Gasteiger charge is 2.16. The van der Waals surface area contributed by atoms with Gasteiger partial charge >= 0.3 is 0 Å². The first-order valence-corrected chi connectivity index (χ1v) is 6.13. The van der Waals surface area contributed by atoms with Crippen LogP contribution < -0.4 is 5.56 Å². The molecule has 0 saturated carbocycles. The van der Waals surface area contributed by atoms with Crippen molar-refractivity contribution in [3.63, 3.8) is 0 Å². The fourth-order valence-electron chi connectivity index (χ4n) is 2.08. The first-order chi connectivity index (χ1) is 7.66. The van der Waals surface area contributed by atoms with E-state index in [-0.39, 0.29) is 11.4 Å². The van der Waals surface area contributed by atoms with E-state index in [2.05, 4.69) is 4.98 Å². The topological polar surface area (TPSA) is 34.9 Å². The summed E-state index contributed by atoms with van der Waals surface area (Å²) in [5.74, 6) is 0.459. The van der Waals surface area contributed by atoms with Crippen molar-refractivity contribution in [2.24, 2.45) is 0 Å². The molecule has 0 N–H and O–H groups in total. The van der Waals surface area contributed by atoms with Gasteiger partial charge in [-0.1, -0.05) is 0 Å². The van der Waals surface area contributed by atoms with Crippen LogP contribution in [0.15, 0.2) is 16.9 Å². The van der Waals surface area contributed by atoms with Crippen molar-refractivity contribution in [1.82, 2.24) is 9.55 Å². The maximum atomic E-state index is 13.4. The van der Waals surface area contributed by atoms with E-state index in [9.17, 15) is 9.18 Å². The molecule has 0 fully saturated rings. The molecule has 0 atom stereocenters. The van der Waals surface area contributed by atoms with Crippen molar-refractivity contribution in [3.05, 3.63) is 37.7 Å². The second-order valence-electron chi connectivity index (χ2n) is 3.87. The van der Waals surface area contributed by atoms with E-state index in [0.29, 0.717) is 14.5 Å². The van der Waals surface area contributed by atoms with Gasteiger partial charge in [0.15, 0.2) is 0 Å². The van der Waals surface area contributed by atoms with Gasteiger partial charge in [-0.25, -0.2) is 9.37 Å². The lowest BCUT2D eigenvalue weighted by molar-refractivity contribution is 0.621. The second kappa shape index (κ2) is 3.51. The molecule has 1 aliphatic heterocycles. The van der Waals surface area contributed by atoms with E-state index in [1.54, 1.807) is 10.6 Å². The summed E-state index contributed by atoms with van der Waals surface area (Å²) in [4.78, 5) is 16.4. The Morgan fingerprint density at radius 3 is 3.06 bits per heavy atom. The van der Waals surface area contributed by atoms with Crippen LogP contribution in [-0.4, -0.2) is 9.55 Å². The molecule has 2 aromatic rings. The molecular formula is C11H8FIN2O. The third kappa shape index (κ3) is 1.37. The number of hydrogen-bond donors (Lipinski definition) is 0. The molecule has 0 unspecified atom stereocenters. The van der Waals surface area contributed by atoms with Gasteiger partial charge in [0.2, 0.25) is 0 Å². The lowest BCUT2D eigenvalue weighted by Crippen LogP contribution is -2.21. The van der Waals surface area contributed by atoms with Gasteiger partial charge < -0.3 is 0 Å². The highest BCUT2D eigenvalue weighted by atomic mass is 127. The van der Waals surface area contributed by atoms with Crippen molar-refractivity contribution in [2.45, 2.75) is 19.4 Å². The van der Waals surface area contributed by atoms with Crippen molar-refractivity contribution < 1.29 is 4.39 Å². The van der Waals surface area contributed by atoms with Crippen LogP contribution in [0.3, 0.4) is 0 Å². The molecule has 3 rings (SSSR count). The quantitative estimate of drug-likeness (QED) is 0.694. The van der Waals surface area contributed by atoms with E-state index in [1.807, 2.05) is 22.6 Å². The zero-order valence-electron chi connectivity index (χ0n) is 8.33. The first kappa shape index (κ1) is 10.2. The van der Waals surface area contributed by atoms with Crippen LogP contribution in [0.4, 0.5) is 4.39 Å². The second-order valence-corrected chi connectivity index (χ2v) is 5.03. The molecule has 0 saturated heterocycles. The molecule has 0 bridgehead atoms. The van der Waals surface area contributed by atoms with Gasteiger partial charge in [0, 0.05) is 22.6 Å². The van der Waals surface area contributed by atoms with E-state index in [0.717, 1.165) is 25.2 Å². The third-order valence-electron chi connectivity index (χ3n) is 2.86. The Kier molecular flexibility index (Phi) is 2.24. The summed E-state index contributed by atoms with van der Waals surface area (Å²) in [6.07, 6.45) is 1.75. The number of aryl methyl sites for hydroxylation is 1. The molecule has 0 amide bonds. The largest absolute Gasteiger partial charge is 0.296 e. The smallest absolute Gasteiger partial charge is 0.261 e. The molecule has 1 aliphatic rings. The Balaban J connectivity index is 2.46. The number of halogens is 2. The molecule has 0 radical (unpaired) electrons. The molecule has 1 aromatic carbocycles. The first-order valence-electron chi connectivity index (χ1n) is 5.05. The predicted molar refractivity (Wildman–Crippen MR) is 67.0 cm³/mol. The predicted octanol–water partition coefficient (Wildman–Crippen LogP) is 2.09. The highest BCUT2D eigenvalue weighted by molar-refractivity contribution is 14.1. The number of benzene rings is 1. The highest BCUT2D eigenvalue weighted by Crippen LogP contribution is 2.19. The summed E-state index contributed by atoms with van der Waals surface area (Å²) in [5.41, 5.74) is 0.423. The molecule has 82 valence electrons. The molecule has 3 nitrogen and oxygen atoms in total. The van der Waals surface area contributed by atoms with Crippen LogP contribution in [0.1, 0.15) is 12.2 Å². The Morgan fingerprint density at radius 2 is 2.25 bits per heavy atom. The van der Waals surface area contributed by atoms with Gasteiger partial charge in [0.05, 0.1) is 10.9 Å². The van der Waals surface area contributed by atoms with Crippen LogP contribution >= 0.6 is 22.6 Å². The number of aromatic nitrogens is 2. The minimum atomic E-state index is -0.317. The van der Waals surface area contributed by atoms with Crippen LogP contribution in [0.2, 0.25) is 0 Å². The molecule has 2 heterocycles. The Bertz CT molecular complexity index is 650. The number of nitrogens with zero attached hydrogens (tertiary/aromatic N) is 2. The van der Waals surface area contributed by atoms with E-state index in [1.165, 1.54) is 6.07 Å². The van der Waals surface area contributed by atoms with Crippen LogP contribution in [0, 0.1) is 9.39 Å². The summed E-state index contributed by atoms with van der Waals surface area (Å²) < 4.78 is 15.5. The zero-order chi connectivity index (χ0) is 11.3. The van der Waals surface area contributed by atoms with Crippen molar-refractivity contribution >= 4 is 33.5 Å². The van der Waals surface area contributed by atoms with Crippen molar-refractivity contribution in [3.8, 4) is 0 Å². The molecule has 5 heteroatoms. The fourth-order valence-corrected chi connectivity index (χ4v) is 2.55. The van der Waals surface area contributed by atoms with E-state index >= 15 is 0 Å². The number of fused-ring (bicyclic) bond motifs is 2. The van der Waals surface area contributed by atoms with Gasteiger partial charge in [-0.05, 0) is 35.1 Å². The average Bonchev–Trinajstić information content (AvgIpc) is 2.70. The fraction of sp³-hybridized carbons (Fsp3) is 0.273. The minimum Gasteiger partial charge on any atom is -0.296 e. The van der Waals surface area contributed by atoms with Gasteiger partial charge in [0.25, 0.3) is 5.56 Å². The molecule has 0 aliphatic carbocycles. The SMILES string of the molecule is O=c1c2cc(I)c(F)cc2nc2n1CCC2. The van der Waals surface area contributed by atoms with Gasteiger partial charge in [0.1, 0.15) is 11.6 Å². The number of rotatable bonds is 0. The van der Waals surface area contributed by atoms with Gasteiger partial charge in [-0.2, -0.15) is 0 Å². The number of hydrogen-bond acceptors (Lipinski definition) is 2. The normalized spacial score (nSPS) is 14.4. The lowest BCUT2D eigenvalue weighted by atomic mass is 10.2. The van der Waals surface area contributed by atoms with E-state index in [4.69, 9.17) is 0 Å². The standard InChI is InChI=1S/C11H8FIN2O/c12-7-5-9-6(4-8(7)13)11(16)15-3-1-2-10(15)14-9/h4-5H,1-3H2. The summed E-state index contributed by atoms with van der Waals surface area (Å²) in [6, 6.07) is 2.92. The maximum absolute atomic E-state index is 13.4. The van der Waals surface area contributed by atoms with Crippen LogP contribution in [0.5, 0.6) is 0 Å². The average molecular weight is 330 g/mol. The summed E-state index contributed by atoms with van der Waals surface area (Å²) in [5, 5.41) is 0.511.